The summed E-state index contributed by atoms with van der Waals surface area (Å²) in [6.07, 6.45) is 3.27. The quantitative estimate of drug-likeness (QED) is 0.489. The van der Waals surface area contributed by atoms with Gasteiger partial charge < -0.3 is 9.88 Å². The molecule has 0 aliphatic heterocycles. The molecule has 142 valence electrons. The van der Waals surface area contributed by atoms with Crippen LogP contribution in [0.3, 0.4) is 0 Å². The van der Waals surface area contributed by atoms with Crippen LogP contribution in [0.2, 0.25) is 0 Å². The second-order valence-electron chi connectivity index (χ2n) is 6.17. The molecule has 0 bridgehead atoms. The smallest absolute Gasteiger partial charge is 0.248 e. The molecule has 0 radical (unpaired) electrons. The summed E-state index contributed by atoms with van der Waals surface area (Å²) in [5.41, 5.74) is 2.54. The van der Waals surface area contributed by atoms with Crippen molar-refractivity contribution in [2.45, 2.75) is 12.1 Å². The Labute approximate surface area is 167 Å². The highest BCUT2D eigenvalue weighted by Crippen LogP contribution is 2.24. The summed E-state index contributed by atoms with van der Waals surface area (Å²) >= 11 is 1.36. The Morgan fingerprint density at radius 3 is 2.46 bits per heavy atom. The summed E-state index contributed by atoms with van der Waals surface area (Å²) in [4.78, 5) is 23.2. The van der Waals surface area contributed by atoms with Crippen molar-refractivity contribution in [2.75, 3.05) is 11.1 Å². The van der Waals surface area contributed by atoms with E-state index in [4.69, 9.17) is 0 Å². The number of nitrogens with one attached hydrogen (secondary N) is 1. The Kier molecular flexibility index (Phi) is 6.39. The molecule has 0 saturated carbocycles. The third-order valence-electron chi connectivity index (χ3n) is 3.88. The van der Waals surface area contributed by atoms with E-state index >= 15 is 0 Å². The van der Waals surface area contributed by atoms with Crippen molar-refractivity contribution < 1.29 is 9.59 Å². The predicted molar refractivity (Wildman–Crippen MR) is 112 cm³/mol. The Balaban J connectivity index is 1.64. The van der Waals surface area contributed by atoms with Crippen molar-refractivity contribution in [3.8, 4) is 11.4 Å². The maximum absolute atomic E-state index is 12.1. The van der Waals surface area contributed by atoms with Crippen LogP contribution in [0.15, 0.2) is 65.8 Å². The number of benzene rings is 2. The molecule has 3 aromatic rings. The first-order valence-electron chi connectivity index (χ1n) is 8.69. The third kappa shape index (κ3) is 5.17. The average molecular weight is 392 g/mol. The van der Waals surface area contributed by atoms with Gasteiger partial charge in [0, 0.05) is 24.4 Å². The van der Waals surface area contributed by atoms with Crippen LogP contribution in [-0.2, 0) is 16.6 Å². The number of Topliss-reactive ketones (excluding diaryl/α,β-unsaturated/α-hetero) is 1. The number of ketones is 1. The molecular formula is C21H20N4O2S. The average Bonchev–Trinajstić information content (AvgIpc) is 3.06. The maximum atomic E-state index is 12.1. The highest BCUT2D eigenvalue weighted by Gasteiger charge is 2.12. The van der Waals surface area contributed by atoms with Crippen molar-refractivity contribution in [2.24, 2.45) is 7.05 Å². The van der Waals surface area contributed by atoms with E-state index in [1.54, 1.807) is 13.0 Å². The zero-order valence-electron chi connectivity index (χ0n) is 15.6. The zero-order valence-corrected chi connectivity index (χ0v) is 16.4. The fourth-order valence-electron chi connectivity index (χ4n) is 2.48. The van der Waals surface area contributed by atoms with Gasteiger partial charge >= 0.3 is 0 Å². The number of carbonyl (C=O) groups excluding carboxylic acids is 2. The standard InChI is InChI=1S/C21H20N4O2S/c1-15(26)14-28-21-24-23-20(25(21)2)17-9-11-18(12-10-17)22-19(27)13-8-16-6-4-3-5-7-16/h3-13H,14H2,1-2H3,(H,22,27)/b13-8+. The van der Waals surface area contributed by atoms with Gasteiger partial charge in [0.1, 0.15) is 5.78 Å². The van der Waals surface area contributed by atoms with E-state index in [1.807, 2.05) is 66.2 Å². The summed E-state index contributed by atoms with van der Waals surface area (Å²) in [6, 6.07) is 17.0. The van der Waals surface area contributed by atoms with E-state index in [2.05, 4.69) is 15.5 Å². The van der Waals surface area contributed by atoms with Crippen LogP contribution in [0.5, 0.6) is 0 Å². The van der Waals surface area contributed by atoms with Crippen molar-refractivity contribution in [3.05, 3.63) is 66.2 Å². The SMILES string of the molecule is CC(=O)CSc1nnc(-c2ccc(NC(=O)/C=C/c3ccccc3)cc2)n1C. The molecule has 3 rings (SSSR count). The fourth-order valence-corrected chi connectivity index (χ4v) is 3.19. The molecule has 6 nitrogen and oxygen atoms in total. The first-order valence-corrected chi connectivity index (χ1v) is 9.67. The van der Waals surface area contributed by atoms with E-state index in [9.17, 15) is 9.59 Å². The monoisotopic (exact) mass is 392 g/mol. The van der Waals surface area contributed by atoms with E-state index in [0.29, 0.717) is 22.4 Å². The van der Waals surface area contributed by atoms with Crippen LogP contribution in [0.25, 0.3) is 17.5 Å². The Morgan fingerprint density at radius 2 is 1.79 bits per heavy atom. The molecular weight excluding hydrogens is 372 g/mol. The van der Waals surface area contributed by atoms with Crippen molar-refractivity contribution in [1.82, 2.24) is 14.8 Å². The topological polar surface area (TPSA) is 76.9 Å². The summed E-state index contributed by atoms with van der Waals surface area (Å²) in [5, 5.41) is 11.9. The molecule has 0 unspecified atom stereocenters. The first kappa shape index (κ1) is 19.6. The van der Waals surface area contributed by atoms with Gasteiger partial charge in [0.15, 0.2) is 11.0 Å². The van der Waals surface area contributed by atoms with Gasteiger partial charge in [-0.3, -0.25) is 9.59 Å². The highest BCUT2D eigenvalue weighted by atomic mass is 32.2. The van der Waals surface area contributed by atoms with E-state index in [-0.39, 0.29) is 11.7 Å². The van der Waals surface area contributed by atoms with Gasteiger partial charge in [-0.25, -0.2) is 0 Å². The molecule has 1 N–H and O–H groups in total. The number of hydrogen-bond donors (Lipinski definition) is 1. The lowest BCUT2D eigenvalue weighted by Gasteiger charge is -2.05. The van der Waals surface area contributed by atoms with Crippen LogP contribution < -0.4 is 5.32 Å². The van der Waals surface area contributed by atoms with Crippen molar-refractivity contribution in [1.29, 1.82) is 0 Å². The first-order chi connectivity index (χ1) is 13.5. The molecule has 0 aliphatic carbocycles. The van der Waals surface area contributed by atoms with Gasteiger partial charge in [-0.1, -0.05) is 42.1 Å². The van der Waals surface area contributed by atoms with Crippen LogP contribution in [0, 0.1) is 0 Å². The summed E-state index contributed by atoms with van der Waals surface area (Å²) in [7, 11) is 1.86. The molecule has 0 atom stereocenters. The van der Waals surface area contributed by atoms with E-state index in [0.717, 1.165) is 11.1 Å². The van der Waals surface area contributed by atoms with Crippen molar-refractivity contribution >= 4 is 35.2 Å². The molecule has 0 spiro atoms. The maximum Gasteiger partial charge on any atom is 0.248 e. The third-order valence-corrected chi connectivity index (χ3v) is 5.04. The predicted octanol–water partition coefficient (Wildman–Crippen LogP) is 3.82. The van der Waals surface area contributed by atoms with E-state index in [1.165, 1.54) is 17.8 Å². The lowest BCUT2D eigenvalue weighted by atomic mass is 10.2. The Morgan fingerprint density at radius 1 is 1.07 bits per heavy atom. The molecule has 1 amide bonds. The molecule has 2 aromatic carbocycles. The number of anilines is 1. The molecule has 7 heteroatoms. The fraction of sp³-hybridized carbons (Fsp3) is 0.143. The highest BCUT2D eigenvalue weighted by molar-refractivity contribution is 7.99. The Hall–Kier alpha value is -3.19. The number of thioether (sulfide) groups is 1. The molecule has 1 aromatic heterocycles. The number of carbonyl (C=O) groups is 2. The van der Waals surface area contributed by atoms with E-state index < -0.39 is 0 Å². The molecule has 28 heavy (non-hydrogen) atoms. The summed E-state index contributed by atoms with van der Waals surface area (Å²) in [6.45, 7) is 1.55. The van der Waals surface area contributed by atoms with Gasteiger partial charge in [0.25, 0.3) is 0 Å². The second kappa shape index (κ2) is 9.14. The molecule has 0 saturated heterocycles. The normalized spacial score (nSPS) is 10.9. The number of hydrogen-bond acceptors (Lipinski definition) is 5. The summed E-state index contributed by atoms with van der Waals surface area (Å²) in [5.74, 6) is 0.968. The largest absolute Gasteiger partial charge is 0.323 e. The number of nitrogens with zero attached hydrogens (tertiary/aromatic N) is 3. The number of amides is 1. The minimum Gasteiger partial charge on any atom is -0.323 e. The van der Waals surface area contributed by atoms with Gasteiger partial charge in [-0.15, -0.1) is 10.2 Å². The van der Waals surface area contributed by atoms with Crippen molar-refractivity contribution in [3.63, 3.8) is 0 Å². The zero-order chi connectivity index (χ0) is 19.9. The minimum absolute atomic E-state index is 0.0935. The van der Waals surface area contributed by atoms with Gasteiger partial charge in [-0.05, 0) is 42.8 Å². The summed E-state index contributed by atoms with van der Waals surface area (Å²) < 4.78 is 1.85. The van der Waals surface area contributed by atoms with Crippen LogP contribution >= 0.6 is 11.8 Å². The second-order valence-corrected chi connectivity index (χ2v) is 7.11. The van der Waals surface area contributed by atoms with Gasteiger partial charge in [-0.2, -0.15) is 0 Å². The minimum atomic E-state index is -0.196. The van der Waals surface area contributed by atoms with Crippen LogP contribution in [0.4, 0.5) is 5.69 Å². The molecule has 0 aliphatic rings. The molecule has 0 fully saturated rings. The molecule has 1 heterocycles. The number of rotatable bonds is 7. The lowest BCUT2D eigenvalue weighted by molar-refractivity contribution is -0.114. The van der Waals surface area contributed by atoms with Gasteiger partial charge in [0.05, 0.1) is 5.75 Å². The van der Waals surface area contributed by atoms with Gasteiger partial charge in [0.2, 0.25) is 5.91 Å². The van der Waals surface area contributed by atoms with Crippen LogP contribution in [0.1, 0.15) is 12.5 Å². The van der Waals surface area contributed by atoms with Crippen LogP contribution in [-0.4, -0.2) is 32.2 Å². The number of aromatic nitrogens is 3. The Bertz CT molecular complexity index is 995. The lowest BCUT2D eigenvalue weighted by Crippen LogP contribution is -2.07.